The van der Waals surface area contributed by atoms with E-state index in [4.69, 9.17) is 18.9 Å². The van der Waals surface area contributed by atoms with E-state index >= 15 is 0 Å². The van der Waals surface area contributed by atoms with E-state index in [-0.39, 0.29) is 23.5 Å². The Labute approximate surface area is 229 Å². The second kappa shape index (κ2) is 9.84. The van der Waals surface area contributed by atoms with Gasteiger partial charge in [0, 0.05) is 37.0 Å². The number of aromatic nitrogens is 2. The number of hydrogen-bond donors (Lipinski definition) is 1. The lowest BCUT2D eigenvalue weighted by Crippen LogP contribution is -2.67. The first-order valence-corrected chi connectivity index (χ1v) is 13.1. The van der Waals surface area contributed by atoms with Gasteiger partial charge in [-0.2, -0.15) is 13.9 Å². The Bertz CT molecular complexity index is 1430. The van der Waals surface area contributed by atoms with E-state index in [2.05, 4.69) is 15.3 Å². The van der Waals surface area contributed by atoms with E-state index in [1.54, 1.807) is 23.0 Å². The van der Waals surface area contributed by atoms with Crippen molar-refractivity contribution in [3.05, 3.63) is 42.2 Å². The predicted molar refractivity (Wildman–Crippen MR) is 139 cm³/mol. The van der Waals surface area contributed by atoms with Crippen molar-refractivity contribution < 1.29 is 36.9 Å². The summed E-state index contributed by atoms with van der Waals surface area (Å²) < 4.78 is 63.4. The van der Waals surface area contributed by atoms with Crippen LogP contribution in [0.15, 0.2) is 36.7 Å². The van der Waals surface area contributed by atoms with Crippen LogP contribution in [0, 0.1) is 5.41 Å². The largest absolute Gasteiger partial charge is 0.496 e. The molecule has 1 N–H and O–H groups in total. The Morgan fingerprint density at radius 2 is 1.98 bits per heavy atom. The Morgan fingerprint density at radius 1 is 1.25 bits per heavy atom. The van der Waals surface area contributed by atoms with E-state index in [1.165, 1.54) is 13.2 Å². The zero-order valence-corrected chi connectivity index (χ0v) is 22.5. The SMILES string of the molecule is COc1cc(-c2cnn3cc(OC(C)(C)CN4CC5(COC5)C4)ccc23)cc(OC(F)F)c1C(=O)NC1C[C@@H]1F. The molecule has 2 atom stereocenters. The van der Waals surface area contributed by atoms with Crippen LogP contribution in [0.25, 0.3) is 16.6 Å². The number of nitrogens with zero attached hydrogens (tertiary/aromatic N) is 3. The number of hydrogen-bond acceptors (Lipinski definition) is 7. The van der Waals surface area contributed by atoms with Gasteiger partial charge in [0.25, 0.3) is 5.91 Å². The van der Waals surface area contributed by atoms with Gasteiger partial charge in [0.2, 0.25) is 0 Å². The van der Waals surface area contributed by atoms with Crippen LogP contribution in [-0.4, -0.2) is 84.8 Å². The molecule has 4 heterocycles. The van der Waals surface area contributed by atoms with E-state index in [0.717, 1.165) is 32.8 Å². The minimum Gasteiger partial charge on any atom is -0.496 e. The van der Waals surface area contributed by atoms with Crippen LogP contribution in [0.4, 0.5) is 13.2 Å². The molecule has 9 nitrogen and oxygen atoms in total. The van der Waals surface area contributed by atoms with E-state index in [1.807, 2.05) is 26.0 Å². The number of halogens is 3. The quantitative estimate of drug-likeness (QED) is 0.402. The fraction of sp³-hybridized carbons (Fsp3) is 0.500. The number of rotatable bonds is 10. The normalized spacial score (nSPS) is 21.7. The van der Waals surface area contributed by atoms with Gasteiger partial charge in [0.15, 0.2) is 0 Å². The van der Waals surface area contributed by atoms with Crippen molar-refractivity contribution in [2.45, 2.75) is 44.7 Å². The van der Waals surface area contributed by atoms with Crippen LogP contribution >= 0.6 is 0 Å². The van der Waals surface area contributed by atoms with Crippen molar-refractivity contribution in [1.29, 1.82) is 0 Å². The Hall–Kier alpha value is -3.51. The number of methoxy groups -OCH3 is 1. The third kappa shape index (κ3) is 5.17. The smallest absolute Gasteiger partial charge is 0.387 e. The fourth-order valence-electron chi connectivity index (χ4n) is 5.60. The zero-order chi connectivity index (χ0) is 28.2. The van der Waals surface area contributed by atoms with Crippen LogP contribution in [0.1, 0.15) is 30.6 Å². The monoisotopic (exact) mass is 560 g/mol. The third-order valence-electron chi connectivity index (χ3n) is 7.49. The highest BCUT2D eigenvalue weighted by Gasteiger charge is 2.50. The maximum Gasteiger partial charge on any atom is 0.387 e. The van der Waals surface area contributed by atoms with Crippen molar-refractivity contribution in [1.82, 2.24) is 19.8 Å². The topological polar surface area (TPSA) is 86.6 Å². The first-order valence-electron chi connectivity index (χ1n) is 13.1. The van der Waals surface area contributed by atoms with Crippen LogP contribution in [0.3, 0.4) is 0 Å². The number of ether oxygens (including phenoxy) is 4. The number of likely N-dealkylation sites (tertiary alicyclic amines) is 1. The van der Waals surface area contributed by atoms with E-state index in [0.29, 0.717) is 27.8 Å². The minimum atomic E-state index is -3.18. The Morgan fingerprint density at radius 3 is 2.60 bits per heavy atom. The van der Waals surface area contributed by atoms with Crippen molar-refractivity contribution in [3.8, 4) is 28.4 Å². The number of amides is 1. The van der Waals surface area contributed by atoms with Gasteiger partial charge in [-0.1, -0.05) is 0 Å². The van der Waals surface area contributed by atoms with Gasteiger partial charge in [0.1, 0.15) is 34.6 Å². The van der Waals surface area contributed by atoms with Gasteiger partial charge in [-0.05, 0) is 43.7 Å². The summed E-state index contributed by atoms with van der Waals surface area (Å²) in [6.07, 6.45) is 2.37. The second-order valence-electron chi connectivity index (χ2n) is 11.5. The summed E-state index contributed by atoms with van der Waals surface area (Å²) >= 11 is 0. The summed E-state index contributed by atoms with van der Waals surface area (Å²) in [7, 11) is 1.32. The Kier molecular flexibility index (Phi) is 6.57. The average Bonchev–Trinajstić information content (AvgIpc) is 3.36. The maximum absolute atomic E-state index is 13.4. The van der Waals surface area contributed by atoms with E-state index < -0.39 is 30.3 Å². The van der Waals surface area contributed by atoms with Gasteiger partial charge < -0.3 is 24.3 Å². The molecule has 1 spiro atoms. The molecule has 2 aromatic heterocycles. The molecule has 1 saturated carbocycles. The molecule has 3 aromatic rings. The first kappa shape index (κ1) is 26.7. The lowest BCUT2D eigenvalue weighted by Gasteiger charge is -2.56. The summed E-state index contributed by atoms with van der Waals surface area (Å²) in [5.74, 6) is -0.473. The van der Waals surface area contributed by atoms with Gasteiger partial charge >= 0.3 is 6.61 Å². The van der Waals surface area contributed by atoms with Crippen LogP contribution in [0.5, 0.6) is 17.2 Å². The van der Waals surface area contributed by atoms with Crippen molar-refractivity contribution in [3.63, 3.8) is 0 Å². The van der Waals surface area contributed by atoms with Gasteiger partial charge in [-0.25, -0.2) is 8.91 Å². The highest BCUT2D eigenvalue weighted by Crippen LogP contribution is 2.40. The molecule has 3 aliphatic rings. The molecule has 0 bridgehead atoms. The second-order valence-corrected chi connectivity index (χ2v) is 11.5. The Balaban J connectivity index is 1.24. The fourth-order valence-corrected chi connectivity index (χ4v) is 5.60. The van der Waals surface area contributed by atoms with Crippen LogP contribution in [0.2, 0.25) is 0 Å². The number of carbonyl (C=O) groups excluding carboxylic acids is 1. The summed E-state index contributed by atoms with van der Waals surface area (Å²) in [6, 6.07) is 5.88. The highest BCUT2D eigenvalue weighted by atomic mass is 19.3. The molecule has 1 aliphatic carbocycles. The molecular weight excluding hydrogens is 529 g/mol. The lowest BCUT2D eigenvalue weighted by molar-refractivity contribution is -0.196. The molecule has 6 rings (SSSR count). The molecule has 1 aromatic carbocycles. The number of pyridine rings is 1. The zero-order valence-electron chi connectivity index (χ0n) is 22.5. The number of fused-ring (bicyclic) bond motifs is 1. The number of nitrogens with one attached hydrogen (secondary N) is 1. The summed E-state index contributed by atoms with van der Waals surface area (Å²) in [5.41, 5.74) is 1.41. The first-order chi connectivity index (χ1) is 19.0. The third-order valence-corrected chi connectivity index (χ3v) is 7.49. The van der Waals surface area contributed by atoms with Gasteiger partial charge in [0.05, 0.1) is 44.3 Å². The molecule has 2 aliphatic heterocycles. The number of carbonyl (C=O) groups is 1. The lowest BCUT2D eigenvalue weighted by atomic mass is 9.77. The molecule has 40 heavy (non-hydrogen) atoms. The summed E-state index contributed by atoms with van der Waals surface area (Å²) in [6.45, 7) is 5.37. The molecule has 0 radical (unpaired) electrons. The molecule has 214 valence electrons. The summed E-state index contributed by atoms with van der Waals surface area (Å²) in [4.78, 5) is 15.2. The molecule has 3 fully saturated rings. The summed E-state index contributed by atoms with van der Waals surface area (Å²) in [5, 5.41) is 6.92. The molecule has 1 unspecified atom stereocenters. The standard InChI is InChI=1S/C28H31F3N4O5/c1-27(2,11-34-12-28(13-34)14-38-15-28)40-17-4-5-21-18(9-32-35(21)10-17)16-6-22(37-3)24(23(7-16)39-26(30)31)25(36)33-20-8-19(20)29/h4-7,9-10,19-20,26H,8,11-15H2,1-3H3,(H,33,36)/t19-,20?/m0/s1. The minimum absolute atomic E-state index is 0.0176. The van der Waals surface area contributed by atoms with Crippen molar-refractivity contribution >= 4 is 11.4 Å². The van der Waals surface area contributed by atoms with Gasteiger partial charge in [-0.3, -0.25) is 9.69 Å². The van der Waals surface area contributed by atoms with Crippen LogP contribution < -0.4 is 19.5 Å². The molecule has 1 amide bonds. The number of benzene rings is 1. The molecule has 12 heteroatoms. The molecule has 2 saturated heterocycles. The molecular formula is C28H31F3N4O5. The van der Waals surface area contributed by atoms with Gasteiger partial charge in [-0.15, -0.1) is 0 Å². The number of alkyl halides is 3. The predicted octanol–water partition coefficient (Wildman–Crippen LogP) is 3.94. The van der Waals surface area contributed by atoms with Crippen molar-refractivity contribution in [2.24, 2.45) is 5.41 Å². The highest BCUT2D eigenvalue weighted by molar-refractivity contribution is 6.01. The van der Waals surface area contributed by atoms with E-state index in [9.17, 15) is 18.0 Å². The van der Waals surface area contributed by atoms with Crippen molar-refractivity contribution in [2.75, 3.05) is 40.0 Å². The van der Waals surface area contributed by atoms with Crippen LogP contribution in [-0.2, 0) is 4.74 Å². The average molecular weight is 561 g/mol. The maximum atomic E-state index is 13.4.